The van der Waals surface area contributed by atoms with E-state index < -0.39 is 22.2 Å². The number of methoxy groups -OCH3 is 1. The first-order chi connectivity index (χ1) is 17.7. The van der Waals surface area contributed by atoms with Gasteiger partial charge in [0.2, 0.25) is 10.0 Å². The molecule has 0 aliphatic rings. The Labute approximate surface area is 227 Å². The summed E-state index contributed by atoms with van der Waals surface area (Å²) in [5, 5.41) is 5.74. The number of amides is 3. The van der Waals surface area contributed by atoms with Crippen LogP contribution in [0.3, 0.4) is 0 Å². The van der Waals surface area contributed by atoms with E-state index >= 15 is 0 Å². The molecular formula is C24H32Cl2N4O6S. The molecule has 37 heavy (non-hydrogen) atoms. The monoisotopic (exact) mass is 574 g/mol. The summed E-state index contributed by atoms with van der Waals surface area (Å²) in [6.45, 7) is 2.83. The average molecular weight is 576 g/mol. The lowest BCUT2D eigenvalue weighted by Crippen LogP contribution is -2.46. The van der Waals surface area contributed by atoms with Gasteiger partial charge in [-0.05, 0) is 50.1 Å². The number of nitrogens with zero attached hydrogens (tertiary/aromatic N) is 1. The third kappa shape index (κ3) is 10.7. The number of sulfonamides is 1. The highest BCUT2D eigenvalue weighted by Gasteiger charge is 2.22. The first-order valence-corrected chi connectivity index (χ1v) is 13.9. The molecule has 2 rings (SSSR count). The van der Waals surface area contributed by atoms with Crippen LogP contribution in [0.2, 0.25) is 10.0 Å². The van der Waals surface area contributed by atoms with Gasteiger partial charge in [0.25, 0.3) is 0 Å². The number of hydrogen-bond donors (Lipinski definition) is 3. The van der Waals surface area contributed by atoms with Gasteiger partial charge in [-0.1, -0.05) is 41.4 Å². The summed E-state index contributed by atoms with van der Waals surface area (Å²) >= 11 is 11.8. The third-order valence-electron chi connectivity index (χ3n) is 5.02. The third-order valence-corrected chi connectivity index (χ3v) is 7.20. The van der Waals surface area contributed by atoms with E-state index in [0.717, 1.165) is 0 Å². The highest BCUT2D eigenvalue weighted by Crippen LogP contribution is 2.24. The Bertz CT molecular complexity index is 1120. The van der Waals surface area contributed by atoms with Crippen LogP contribution in [-0.4, -0.2) is 71.4 Å². The number of halogens is 2. The van der Waals surface area contributed by atoms with Crippen molar-refractivity contribution < 1.29 is 27.5 Å². The Kier molecular flexibility index (Phi) is 12.9. The minimum absolute atomic E-state index is 0.0305. The molecule has 2 aromatic rings. The van der Waals surface area contributed by atoms with Crippen molar-refractivity contribution in [1.29, 1.82) is 0 Å². The van der Waals surface area contributed by atoms with Crippen molar-refractivity contribution >= 4 is 51.0 Å². The molecule has 0 aromatic heterocycles. The predicted molar refractivity (Wildman–Crippen MR) is 144 cm³/mol. The van der Waals surface area contributed by atoms with Crippen LogP contribution in [0.5, 0.6) is 0 Å². The molecule has 1 unspecified atom stereocenters. The van der Waals surface area contributed by atoms with Gasteiger partial charge in [-0.25, -0.2) is 22.7 Å². The number of unbranched alkanes of at least 4 members (excludes halogenated alkanes) is 1. The SMILES string of the molecule is CCNC(=O)N(CCCCNS(=O)(=O)c1ccc(Cl)cc1Cl)CC(COC)OC(=O)Nc1ccccc1. The number of urea groups is 1. The predicted octanol–water partition coefficient (Wildman–Crippen LogP) is 4.35. The molecule has 1 atom stereocenters. The molecule has 0 radical (unpaired) electrons. The summed E-state index contributed by atoms with van der Waals surface area (Å²) in [7, 11) is -2.34. The van der Waals surface area contributed by atoms with Crippen LogP contribution in [0.1, 0.15) is 19.8 Å². The quantitative estimate of drug-likeness (QED) is 0.288. The fourth-order valence-electron chi connectivity index (χ4n) is 3.32. The maximum Gasteiger partial charge on any atom is 0.412 e. The van der Waals surface area contributed by atoms with Crippen molar-refractivity contribution in [2.45, 2.75) is 30.8 Å². The van der Waals surface area contributed by atoms with Crippen LogP contribution in [0.15, 0.2) is 53.4 Å². The zero-order chi connectivity index (χ0) is 27.3. The van der Waals surface area contributed by atoms with E-state index in [1.165, 1.54) is 30.2 Å². The van der Waals surface area contributed by atoms with E-state index in [1.807, 2.05) is 6.07 Å². The molecule has 0 aliphatic heterocycles. The minimum Gasteiger partial charge on any atom is -0.442 e. The fourth-order valence-corrected chi connectivity index (χ4v) is 5.16. The van der Waals surface area contributed by atoms with Gasteiger partial charge in [0.05, 0.1) is 18.2 Å². The highest BCUT2D eigenvalue weighted by atomic mass is 35.5. The van der Waals surface area contributed by atoms with Crippen LogP contribution < -0.4 is 15.4 Å². The normalized spacial score (nSPS) is 12.0. The summed E-state index contributed by atoms with van der Waals surface area (Å²) in [6, 6.07) is 12.7. The smallest absolute Gasteiger partial charge is 0.412 e. The van der Waals surface area contributed by atoms with E-state index in [1.54, 1.807) is 31.2 Å². The summed E-state index contributed by atoms with van der Waals surface area (Å²) < 4.78 is 38.2. The summed E-state index contributed by atoms with van der Waals surface area (Å²) in [5.74, 6) is 0. The number of benzene rings is 2. The minimum atomic E-state index is -3.81. The van der Waals surface area contributed by atoms with E-state index in [0.29, 0.717) is 36.6 Å². The first kappa shape index (κ1) is 30.7. The van der Waals surface area contributed by atoms with E-state index in [9.17, 15) is 18.0 Å². The number of nitrogens with one attached hydrogen (secondary N) is 3. The van der Waals surface area contributed by atoms with Gasteiger partial charge in [0, 0.05) is 37.5 Å². The number of anilines is 1. The Hall–Kier alpha value is -2.57. The first-order valence-electron chi connectivity index (χ1n) is 11.7. The van der Waals surface area contributed by atoms with Crippen molar-refractivity contribution in [3.05, 3.63) is 58.6 Å². The van der Waals surface area contributed by atoms with Crippen LogP contribution in [0.4, 0.5) is 15.3 Å². The van der Waals surface area contributed by atoms with Crippen molar-refractivity contribution in [2.24, 2.45) is 0 Å². The molecule has 0 fully saturated rings. The molecule has 204 valence electrons. The number of ether oxygens (including phenoxy) is 2. The van der Waals surface area contributed by atoms with Gasteiger partial charge in [0.15, 0.2) is 0 Å². The topological polar surface area (TPSA) is 126 Å². The van der Waals surface area contributed by atoms with Crippen molar-refractivity contribution in [1.82, 2.24) is 14.9 Å². The second-order valence-corrected chi connectivity index (χ2v) is 10.5. The molecule has 10 nitrogen and oxygen atoms in total. The Morgan fingerprint density at radius 1 is 1.08 bits per heavy atom. The lowest BCUT2D eigenvalue weighted by Gasteiger charge is -2.27. The average Bonchev–Trinajstić information content (AvgIpc) is 2.83. The number of para-hydroxylation sites is 1. The highest BCUT2D eigenvalue weighted by molar-refractivity contribution is 7.89. The van der Waals surface area contributed by atoms with Gasteiger partial charge in [-0.2, -0.15) is 0 Å². The van der Waals surface area contributed by atoms with Crippen molar-refractivity contribution in [3.8, 4) is 0 Å². The number of hydrogen-bond acceptors (Lipinski definition) is 6. The molecule has 13 heteroatoms. The largest absolute Gasteiger partial charge is 0.442 e. The maximum atomic E-state index is 12.6. The molecule has 3 amide bonds. The summed E-state index contributed by atoms with van der Waals surface area (Å²) in [5.41, 5.74) is 0.576. The van der Waals surface area contributed by atoms with Gasteiger partial charge < -0.3 is 19.7 Å². The number of carbonyl (C=O) groups is 2. The molecule has 0 aliphatic carbocycles. The van der Waals surface area contributed by atoms with E-state index in [4.69, 9.17) is 32.7 Å². The molecule has 3 N–H and O–H groups in total. The van der Waals surface area contributed by atoms with Gasteiger partial charge in [-0.3, -0.25) is 5.32 Å². The van der Waals surface area contributed by atoms with Gasteiger partial charge in [-0.15, -0.1) is 0 Å². The lowest BCUT2D eigenvalue weighted by atomic mass is 10.2. The second-order valence-electron chi connectivity index (χ2n) is 7.93. The second kappa shape index (κ2) is 15.6. The number of rotatable bonds is 14. The molecule has 0 heterocycles. The van der Waals surface area contributed by atoms with Crippen LogP contribution in [0, 0.1) is 0 Å². The maximum absolute atomic E-state index is 12.6. The van der Waals surface area contributed by atoms with Gasteiger partial charge >= 0.3 is 12.1 Å². The Morgan fingerprint density at radius 2 is 1.81 bits per heavy atom. The molecular weight excluding hydrogens is 543 g/mol. The van der Waals surface area contributed by atoms with Gasteiger partial charge in [0.1, 0.15) is 11.0 Å². The van der Waals surface area contributed by atoms with Crippen LogP contribution in [0.25, 0.3) is 0 Å². The zero-order valence-corrected chi connectivity index (χ0v) is 23.0. The molecule has 0 saturated heterocycles. The van der Waals surface area contributed by atoms with Crippen LogP contribution in [-0.2, 0) is 19.5 Å². The van der Waals surface area contributed by atoms with Crippen molar-refractivity contribution in [3.63, 3.8) is 0 Å². The molecule has 0 spiro atoms. The van der Waals surface area contributed by atoms with E-state index in [2.05, 4.69) is 15.4 Å². The Morgan fingerprint density at radius 3 is 2.46 bits per heavy atom. The zero-order valence-electron chi connectivity index (χ0n) is 20.7. The summed E-state index contributed by atoms with van der Waals surface area (Å²) in [4.78, 5) is 26.4. The molecule has 0 saturated carbocycles. The Balaban J connectivity index is 1.91. The molecule has 0 bridgehead atoms. The standard InChI is InChI=1S/C24H32Cl2N4O6S/c1-3-27-23(31)30(16-20(17-35-2)36-24(32)29-19-9-5-4-6-10-19)14-8-7-13-28-37(33,34)22-12-11-18(25)15-21(22)26/h4-6,9-12,15,20,28H,3,7-8,13-14,16-17H2,1-2H3,(H,27,31)(H,29,32). The molecule has 2 aromatic carbocycles. The van der Waals surface area contributed by atoms with Crippen LogP contribution >= 0.6 is 23.2 Å². The number of carbonyl (C=O) groups excluding carboxylic acids is 2. The van der Waals surface area contributed by atoms with E-state index in [-0.39, 0.29) is 35.6 Å². The summed E-state index contributed by atoms with van der Waals surface area (Å²) in [6.07, 6.45) is -0.449. The fraction of sp³-hybridized carbons (Fsp3) is 0.417. The lowest BCUT2D eigenvalue weighted by molar-refractivity contribution is 0.0302. The van der Waals surface area contributed by atoms with Crippen molar-refractivity contribution in [2.75, 3.05) is 45.2 Å².